The number of nitrogens with zero attached hydrogens (tertiary/aromatic N) is 1. The molecule has 0 spiro atoms. The third-order valence-corrected chi connectivity index (χ3v) is 5.04. The number of aliphatic hydroxyl groups is 1. The minimum atomic E-state index is -0.352. The summed E-state index contributed by atoms with van der Waals surface area (Å²) in [5, 5.41) is 10.8. The minimum Gasteiger partial charge on any atom is -0.390 e. The first-order valence-electron chi connectivity index (χ1n) is 7.02. The van der Waals surface area contributed by atoms with Crippen molar-refractivity contribution in [2.45, 2.75) is 76.5 Å². The first-order valence-corrected chi connectivity index (χ1v) is 7.02. The van der Waals surface area contributed by atoms with Crippen molar-refractivity contribution in [1.82, 2.24) is 4.90 Å². The van der Waals surface area contributed by atoms with Crippen molar-refractivity contribution >= 4 is 0 Å². The molecular weight excluding hydrogens is 198 g/mol. The van der Waals surface area contributed by atoms with Gasteiger partial charge in [0.05, 0.1) is 5.60 Å². The molecule has 94 valence electrons. The van der Waals surface area contributed by atoms with Crippen LogP contribution in [0, 0.1) is 5.92 Å². The maximum Gasteiger partial charge on any atom is 0.0680 e. The van der Waals surface area contributed by atoms with Gasteiger partial charge in [-0.3, -0.25) is 0 Å². The van der Waals surface area contributed by atoms with E-state index in [1.165, 1.54) is 25.7 Å². The van der Waals surface area contributed by atoms with Crippen molar-refractivity contribution < 1.29 is 5.11 Å². The fourth-order valence-electron chi connectivity index (χ4n) is 3.82. The third-order valence-electron chi connectivity index (χ3n) is 5.04. The second kappa shape index (κ2) is 4.66. The van der Waals surface area contributed by atoms with Crippen molar-refractivity contribution in [2.75, 3.05) is 7.05 Å². The van der Waals surface area contributed by atoms with E-state index in [4.69, 9.17) is 0 Å². The van der Waals surface area contributed by atoms with Crippen LogP contribution in [0.3, 0.4) is 0 Å². The molecular formula is C14H27NO. The molecule has 2 fully saturated rings. The number of rotatable bonds is 4. The summed E-state index contributed by atoms with van der Waals surface area (Å²) in [5.74, 6) is 0.716. The molecule has 2 aliphatic rings. The predicted octanol–water partition coefficient (Wildman–Crippen LogP) is 2.80. The van der Waals surface area contributed by atoms with Gasteiger partial charge in [-0.1, -0.05) is 26.7 Å². The summed E-state index contributed by atoms with van der Waals surface area (Å²) in [6, 6.07) is 1.30. The zero-order valence-corrected chi connectivity index (χ0v) is 11.1. The highest BCUT2D eigenvalue weighted by Gasteiger charge is 2.46. The summed E-state index contributed by atoms with van der Waals surface area (Å²) in [6.07, 6.45) is 8.07. The molecule has 16 heavy (non-hydrogen) atoms. The van der Waals surface area contributed by atoms with E-state index in [1.54, 1.807) is 0 Å². The molecule has 2 aliphatic heterocycles. The van der Waals surface area contributed by atoms with Crippen LogP contribution >= 0.6 is 0 Å². The molecule has 0 aliphatic carbocycles. The average molecular weight is 225 g/mol. The van der Waals surface area contributed by atoms with E-state index in [1.807, 2.05) is 0 Å². The lowest BCUT2D eigenvalue weighted by atomic mass is 9.78. The third kappa shape index (κ3) is 2.28. The van der Waals surface area contributed by atoms with Crippen LogP contribution in [-0.2, 0) is 0 Å². The van der Waals surface area contributed by atoms with Gasteiger partial charge < -0.3 is 10.0 Å². The van der Waals surface area contributed by atoms with E-state index in [0.717, 1.165) is 19.3 Å². The summed E-state index contributed by atoms with van der Waals surface area (Å²) >= 11 is 0. The number of hydrogen-bond donors (Lipinski definition) is 1. The normalized spacial score (nSPS) is 39.6. The Labute approximate surface area is 100 Å². The van der Waals surface area contributed by atoms with E-state index in [-0.39, 0.29) is 5.60 Å². The molecule has 0 saturated carbocycles. The van der Waals surface area contributed by atoms with Gasteiger partial charge in [0.25, 0.3) is 0 Å². The topological polar surface area (TPSA) is 23.5 Å². The highest BCUT2D eigenvalue weighted by molar-refractivity contribution is 5.01. The van der Waals surface area contributed by atoms with Gasteiger partial charge in [0.15, 0.2) is 0 Å². The summed E-state index contributed by atoms with van der Waals surface area (Å²) < 4.78 is 0. The van der Waals surface area contributed by atoms with Crippen LogP contribution in [-0.4, -0.2) is 34.7 Å². The second-order valence-corrected chi connectivity index (χ2v) is 6.07. The van der Waals surface area contributed by atoms with Gasteiger partial charge in [0, 0.05) is 12.1 Å². The fourth-order valence-corrected chi connectivity index (χ4v) is 3.82. The Balaban J connectivity index is 1.99. The molecule has 0 aromatic rings. The fraction of sp³-hybridized carbons (Fsp3) is 1.00. The SMILES string of the molecule is CCC(CC)CC1(O)CC2CCC(C1)N2C. The standard InChI is InChI=1S/C14H27NO/c1-4-11(5-2)8-14(16)9-12-6-7-13(10-14)15(12)3/h11-13,16H,4-10H2,1-3H3. The highest BCUT2D eigenvalue weighted by Crippen LogP contribution is 2.43. The molecule has 0 aromatic carbocycles. The number of fused-ring (bicyclic) bond motifs is 2. The molecule has 0 aromatic heterocycles. The first-order chi connectivity index (χ1) is 7.58. The Bertz CT molecular complexity index is 223. The van der Waals surface area contributed by atoms with Crippen molar-refractivity contribution in [3.8, 4) is 0 Å². The molecule has 0 amide bonds. The lowest BCUT2D eigenvalue weighted by Gasteiger charge is -2.43. The smallest absolute Gasteiger partial charge is 0.0680 e. The molecule has 2 nitrogen and oxygen atoms in total. The molecule has 2 bridgehead atoms. The van der Waals surface area contributed by atoms with E-state index < -0.39 is 0 Å². The van der Waals surface area contributed by atoms with E-state index >= 15 is 0 Å². The maximum absolute atomic E-state index is 10.8. The van der Waals surface area contributed by atoms with Crippen LogP contribution in [0.25, 0.3) is 0 Å². The Morgan fingerprint density at radius 2 is 1.69 bits per heavy atom. The molecule has 2 atom stereocenters. The van der Waals surface area contributed by atoms with Crippen molar-refractivity contribution in [3.63, 3.8) is 0 Å². The second-order valence-electron chi connectivity index (χ2n) is 6.07. The van der Waals surface area contributed by atoms with Crippen LogP contribution < -0.4 is 0 Å². The van der Waals surface area contributed by atoms with Gasteiger partial charge in [-0.05, 0) is 45.1 Å². The van der Waals surface area contributed by atoms with Crippen molar-refractivity contribution in [2.24, 2.45) is 5.92 Å². The summed E-state index contributed by atoms with van der Waals surface area (Å²) in [5.41, 5.74) is -0.352. The maximum atomic E-state index is 10.8. The van der Waals surface area contributed by atoms with Gasteiger partial charge >= 0.3 is 0 Å². The van der Waals surface area contributed by atoms with E-state index in [9.17, 15) is 5.11 Å². The Kier molecular flexibility index (Phi) is 3.60. The van der Waals surface area contributed by atoms with Gasteiger partial charge in [0.1, 0.15) is 0 Å². The van der Waals surface area contributed by atoms with Crippen LogP contribution in [0.2, 0.25) is 0 Å². The first kappa shape index (κ1) is 12.4. The minimum absolute atomic E-state index is 0.352. The van der Waals surface area contributed by atoms with Gasteiger partial charge in [-0.15, -0.1) is 0 Å². The lowest BCUT2D eigenvalue weighted by molar-refractivity contribution is -0.0606. The van der Waals surface area contributed by atoms with Crippen molar-refractivity contribution in [1.29, 1.82) is 0 Å². The van der Waals surface area contributed by atoms with Crippen LogP contribution in [0.15, 0.2) is 0 Å². The molecule has 1 N–H and O–H groups in total. The Morgan fingerprint density at radius 1 is 1.19 bits per heavy atom. The number of piperidine rings is 1. The number of hydrogen-bond acceptors (Lipinski definition) is 2. The predicted molar refractivity (Wildman–Crippen MR) is 67.4 cm³/mol. The quantitative estimate of drug-likeness (QED) is 0.795. The molecule has 0 radical (unpaired) electrons. The highest BCUT2D eigenvalue weighted by atomic mass is 16.3. The zero-order valence-electron chi connectivity index (χ0n) is 11.1. The average Bonchev–Trinajstić information content (AvgIpc) is 2.51. The Hall–Kier alpha value is -0.0800. The molecule has 2 saturated heterocycles. The van der Waals surface area contributed by atoms with E-state index in [0.29, 0.717) is 18.0 Å². The monoisotopic (exact) mass is 225 g/mol. The van der Waals surface area contributed by atoms with E-state index in [2.05, 4.69) is 25.8 Å². The van der Waals surface area contributed by atoms with Gasteiger partial charge in [-0.2, -0.15) is 0 Å². The Morgan fingerprint density at radius 3 is 2.12 bits per heavy atom. The van der Waals surface area contributed by atoms with Crippen LogP contribution in [0.5, 0.6) is 0 Å². The van der Waals surface area contributed by atoms with Crippen molar-refractivity contribution in [3.05, 3.63) is 0 Å². The molecule has 2 heteroatoms. The molecule has 2 heterocycles. The summed E-state index contributed by atoms with van der Waals surface area (Å²) in [6.45, 7) is 4.50. The van der Waals surface area contributed by atoms with Gasteiger partial charge in [0.2, 0.25) is 0 Å². The summed E-state index contributed by atoms with van der Waals surface area (Å²) in [7, 11) is 2.24. The van der Waals surface area contributed by atoms with Crippen LogP contribution in [0.1, 0.15) is 58.8 Å². The van der Waals surface area contributed by atoms with Crippen LogP contribution in [0.4, 0.5) is 0 Å². The lowest BCUT2D eigenvalue weighted by Crippen LogP contribution is -2.50. The molecule has 2 rings (SSSR count). The largest absolute Gasteiger partial charge is 0.390 e. The zero-order chi connectivity index (χ0) is 11.8. The van der Waals surface area contributed by atoms with Gasteiger partial charge in [-0.25, -0.2) is 0 Å². The molecule has 2 unspecified atom stereocenters. The summed E-state index contributed by atoms with van der Waals surface area (Å²) in [4.78, 5) is 2.50.